The summed E-state index contributed by atoms with van der Waals surface area (Å²) in [4.78, 5) is 27.9. The van der Waals surface area contributed by atoms with Crippen molar-refractivity contribution >= 4 is 11.9 Å². The normalized spacial score (nSPS) is 18.8. The van der Waals surface area contributed by atoms with E-state index < -0.39 is 11.4 Å². The number of amides is 1. The molecule has 1 aliphatic heterocycles. The van der Waals surface area contributed by atoms with Crippen LogP contribution in [0.5, 0.6) is 0 Å². The highest BCUT2D eigenvalue weighted by atomic mass is 16.7. The van der Waals surface area contributed by atoms with E-state index in [1.54, 1.807) is 0 Å². The van der Waals surface area contributed by atoms with Crippen molar-refractivity contribution in [1.29, 1.82) is 0 Å². The second-order valence-corrected chi connectivity index (χ2v) is 4.11. The second-order valence-electron chi connectivity index (χ2n) is 4.11. The number of nitrogens with one attached hydrogen (secondary N) is 1. The third-order valence-corrected chi connectivity index (χ3v) is 2.98. The first-order valence-corrected chi connectivity index (χ1v) is 5.69. The van der Waals surface area contributed by atoms with Crippen molar-refractivity contribution in [2.24, 2.45) is 5.41 Å². The first-order chi connectivity index (χ1) is 7.17. The Labute approximate surface area is 90.3 Å². The quantitative estimate of drug-likeness (QED) is 0.686. The Morgan fingerprint density at radius 1 is 1.13 bits per heavy atom. The molecular weight excluding hydrogens is 194 g/mol. The third kappa shape index (κ3) is 2.30. The number of rotatable bonds is 6. The predicted octanol–water partition coefficient (Wildman–Crippen LogP) is 1.94. The van der Waals surface area contributed by atoms with Crippen LogP contribution in [0.3, 0.4) is 0 Å². The third-order valence-electron chi connectivity index (χ3n) is 2.98. The zero-order valence-corrected chi connectivity index (χ0v) is 9.47. The molecule has 0 saturated carbocycles. The lowest BCUT2D eigenvalue weighted by molar-refractivity contribution is -0.150. The van der Waals surface area contributed by atoms with Crippen molar-refractivity contribution in [3.63, 3.8) is 0 Å². The van der Waals surface area contributed by atoms with E-state index in [-0.39, 0.29) is 5.91 Å². The molecule has 0 bridgehead atoms. The minimum Gasteiger partial charge on any atom is -0.340 e. The van der Waals surface area contributed by atoms with Crippen molar-refractivity contribution in [2.75, 3.05) is 0 Å². The first-order valence-electron chi connectivity index (χ1n) is 5.69. The lowest BCUT2D eigenvalue weighted by Gasteiger charge is -2.20. The summed E-state index contributed by atoms with van der Waals surface area (Å²) in [7, 11) is 0. The molecule has 86 valence electrons. The second kappa shape index (κ2) is 5.14. The van der Waals surface area contributed by atoms with E-state index in [0.717, 1.165) is 25.7 Å². The van der Waals surface area contributed by atoms with Crippen molar-refractivity contribution in [3.8, 4) is 0 Å². The zero-order valence-electron chi connectivity index (χ0n) is 9.47. The van der Waals surface area contributed by atoms with Crippen molar-refractivity contribution in [3.05, 3.63) is 0 Å². The first kappa shape index (κ1) is 12.0. The predicted molar refractivity (Wildman–Crippen MR) is 55.7 cm³/mol. The van der Waals surface area contributed by atoms with Crippen LogP contribution in [0.4, 0.5) is 0 Å². The Morgan fingerprint density at radius 3 is 2.00 bits per heavy atom. The Bertz CT molecular complexity index is 224. The Hall–Kier alpha value is -1.06. The van der Waals surface area contributed by atoms with E-state index >= 15 is 0 Å². The number of carbonyl (C=O) groups is 2. The number of hydrogen-bond acceptors (Lipinski definition) is 3. The molecule has 1 fully saturated rings. The zero-order chi connectivity index (χ0) is 11.3. The minimum atomic E-state index is -0.897. The smallest absolute Gasteiger partial charge is 0.340 e. The van der Waals surface area contributed by atoms with Gasteiger partial charge in [-0.15, -0.1) is 0 Å². The molecule has 0 radical (unpaired) electrons. The van der Waals surface area contributed by atoms with Gasteiger partial charge in [0.25, 0.3) is 5.91 Å². The number of carbonyl (C=O) groups excluding carboxylic acids is 2. The molecule has 1 aliphatic rings. The SMILES string of the molecule is CCCCC1(CCCC)C(=O)NOC1=O. The number of hydrogen-bond donors (Lipinski definition) is 1. The van der Waals surface area contributed by atoms with Gasteiger partial charge in [0.05, 0.1) is 0 Å². The van der Waals surface area contributed by atoms with Crippen LogP contribution in [-0.4, -0.2) is 11.9 Å². The maximum absolute atomic E-state index is 11.7. The molecule has 1 N–H and O–H groups in total. The molecule has 15 heavy (non-hydrogen) atoms. The van der Waals surface area contributed by atoms with Crippen molar-refractivity contribution < 1.29 is 14.4 Å². The summed E-state index contributed by atoms with van der Waals surface area (Å²) in [5, 5.41) is 0. The van der Waals surface area contributed by atoms with Gasteiger partial charge in [-0.25, -0.2) is 4.79 Å². The summed E-state index contributed by atoms with van der Waals surface area (Å²) in [6, 6.07) is 0. The van der Waals surface area contributed by atoms with E-state index in [2.05, 4.69) is 10.3 Å². The van der Waals surface area contributed by atoms with Crippen LogP contribution in [0.2, 0.25) is 0 Å². The summed E-state index contributed by atoms with van der Waals surface area (Å²) in [6.07, 6.45) is 4.93. The summed E-state index contributed by atoms with van der Waals surface area (Å²) >= 11 is 0. The fraction of sp³-hybridized carbons (Fsp3) is 0.818. The fourth-order valence-corrected chi connectivity index (χ4v) is 1.89. The Balaban J connectivity index is 2.74. The van der Waals surface area contributed by atoms with Gasteiger partial charge in [0.1, 0.15) is 0 Å². The Morgan fingerprint density at radius 2 is 1.67 bits per heavy atom. The van der Waals surface area contributed by atoms with E-state index in [1.165, 1.54) is 0 Å². The van der Waals surface area contributed by atoms with E-state index in [0.29, 0.717) is 12.8 Å². The number of unbranched alkanes of at least 4 members (excludes halogenated alkanes) is 2. The highest BCUT2D eigenvalue weighted by molar-refractivity contribution is 6.06. The molecular formula is C11H19NO3. The minimum absolute atomic E-state index is 0.255. The van der Waals surface area contributed by atoms with Crippen molar-refractivity contribution in [1.82, 2.24) is 5.48 Å². The van der Waals surface area contributed by atoms with Gasteiger partial charge < -0.3 is 4.84 Å². The van der Waals surface area contributed by atoms with Gasteiger partial charge in [-0.2, -0.15) is 5.48 Å². The highest BCUT2D eigenvalue weighted by Gasteiger charge is 2.51. The van der Waals surface area contributed by atoms with Crippen LogP contribution >= 0.6 is 0 Å². The average Bonchev–Trinajstić information content (AvgIpc) is 2.51. The topological polar surface area (TPSA) is 55.4 Å². The van der Waals surface area contributed by atoms with Crippen LogP contribution in [0, 0.1) is 5.41 Å². The van der Waals surface area contributed by atoms with Crippen LogP contribution in [-0.2, 0) is 14.4 Å². The molecule has 0 aromatic rings. The summed E-state index contributed by atoms with van der Waals surface area (Å²) < 4.78 is 0. The lowest BCUT2D eigenvalue weighted by Crippen LogP contribution is -2.35. The summed E-state index contributed by atoms with van der Waals surface area (Å²) in [5.74, 6) is -0.649. The molecule has 4 nitrogen and oxygen atoms in total. The molecule has 0 unspecified atom stereocenters. The molecule has 1 saturated heterocycles. The Kier molecular flexibility index (Phi) is 4.12. The van der Waals surface area contributed by atoms with Gasteiger partial charge in [0.15, 0.2) is 5.41 Å². The van der Waals surface area contributed by atoms with Gasteiger partial charge in [-0.3, -0.25) is 4.79 Å². The molecule has 4 heteroatoms. The molecule has 0 spiro atoms. The van der Waals surface area contributed by atoms with Gasteiger partial charge in [0, 0.05) is 0 Å². The maximum Gasteiger partial charge on any atom is 0.347 e. The maximum atomic E-state index is 11.7. The highest BCUT2D eigenvalue weighted by Crippen LogP contribution is 2.35. The molecule has 0 aliphatic carbocycles. The van der Waals surface area contributed by atoms with Crippen LogP contribution in [0.1, 0.15) is 52.4 Å². The van der Waals surface area contributed by atoms with Crippen molar-refractivity contribution in [2.45, 2.75) is 52.4 Å². The molecule has 1 amide bonds. The standard InChI is InChI=1S/C11H19NO3/c1-3-5-7-11(8-6-4-2)9(13)12-15-10(11)14/h3-8H2,1-2H3,(H,12,13). The monoisotopic (exact) mass is 213 g/mol. The fourth-order valence-electron chi connectivity index (χ4n) is 1.89. The van der Waals surface area contributed by atoms with Crippen LogP contribution < -0.4 is 5.48 Å². The largest absolute Gasteiger partial charge is 0.347 e. The average molecular weight is 213 g/mol. The van der Waals surface area contributed by atoms with E-state index in [4.69, 9.17) is 0 Å². The molecule has 0 atom stereocenters. The van der Waals surface area contributed by atoms with Gasteiger partial charge in [-0.05, 0) is 12.8 Å². The van der Waals surface area contributed by atoms with Gasteiger partial charge in [-0.1, -0.05) is 39.5 Å². The molecule has 0 aromatic carbocycles. The van der Waals surface area contributed by atoms with Crippen LogP contribution in [0.15, 0.2) is 0 Å². The summed E-state index contributed by atoms with van der Waals surface area (Å²) in [6.45, 7) is 4.09. The van der Waals surface area contributed by atoms with Gasteiger partial charge >= 0.3 is 5.97 Å². The van der Waals surface area contributed by atoms with Gasteiger partial charge in [0.2, 0.25) is 0 Å². The van der Waals surface area contributed by atoms with E-state index in [9.17, 15) is 9.59 Å². The summed E-state index contributed by atoms with van der Waals surface area (Å²) in [5.41, 5.74) is 1.29. The number of hydroxylamine groups is 1. The van der Waals surface area contributed by atoms with E-state index in [1.807, 2.05) is 13.8 Å². The lowest BCUT2D eigenvalue weighted by atomic mass is 9.78. The molecule has 1 rings (SSSR count). The molecule has 0 aromatic heterocycles. The molecule has 1 heterocycles. The van der Waals surface area contributed by atoms with Crippen LogP contribution in [0.25, 0.3) is 0 Å².